The molecule has 23 heavy (non-hydrogen) atoms. The summed E-state index contributed by atoms with van der Waals surface area (Å²) in [6.07, 6.45) is 1.73. The number of benzene rings is 2. The quantitative estimate of drug-likeness (QED) is 0.547. The number of fused-ring (bicyclic) bond motifs is 2. The summed E-state index contributed by atoms with van der Waals surface area (Å²) in [6, 6.07) is 14.1. The van der Waals surface area contributed by atoms with E-state index < -0.39 is 0 Å². The Bertz CT molecular complexity index is 1040. The number of rotatable bonds is 2. The van der Waals surface area contributed by atoms with Gasteiger partial charge in [0.15, 0.2) is 0 Å². The molecule has 0 saturated carbocycles. The van der Waals surface area contributed by atoms with Crippen LogP contribution in [0.15, 0.2) is 48.7 Å². The molecule has 114 valence electrons. The first kappa shape index (κ1) is 14.0. The zero-order valence-corrected chi connectivity index (χ0v) is 13.5. The fourth-order valence-electron chi connectivity index (χ4n) is 2.81. The highest BCUT2D eigenvalue weighted by Crippen LogP contribution is 2.33. The van der Waals surface area contributed by atoms with Crippen LogP contribution < -0.4 is 4.74 Å². The van der Waals surface area contributed by atoms with Crippen molar-refractivity contribution in [3.8, 4) is 16.9 Å². The van der Waals surface area contributed by atoms with Gasteiger partial charge in [-0.25, -0.2) is 4.98 Å². The zero-order valence-electron chi connectivity index (χ0n) is 12.7. The first-order chi connectivity index (χ1) is 11.2. The lowest BCUT2D eigenvalue weighted by atomic mass is 10.0. The van der Waals surface area contributed by atoms with Gasteiger partial charge >= 0.3 is 0 Å². The van der Waals surface area contributed by atoms with Crippen LogP contribution >= 0.6 is 11.6 Å². The maximum Gasteiger partial charge on any atom is 0.119 e. The van der Waals surface area contributed by atoms with Gasteiger partial charge in [-0.15, -0.1) is 0 Å². The molecule has 4 rings (SSSR count). The summed E-state index contributed by atoms with van der Waals surface area (Å²) in [7, 11) is 3.53. The van der Waals surface area contributed by atoms with Crippen molar-refractivity contribution < 1.29 is 4.74 Å². The number of aromatic nitrogens is 3. The van der Waals surface area contributed by atoms with Crippen LogP contribution in [0.5, 0.6) is 5.75 Å². The Morgan fingerprint density at radius 1 is 1.04 bits per heavy atom. The molecule has 0 amide bonds. The normalized spacial score (nSPS) is 11.3. The monoisotopic (exact) mass is 323 g/mol. The lowest BCUT2D eigenvalue weighted by Gasteiger charge is -2.08. The van der Waals surface area contributed by atoms with E-state index in [9.17, 15) is 0 Å². The van der Waals surface area contributed by atoms with Gasteiger partial charge in [0.25, 0.3) is 0 Å². The summed E-state index contributed by atoms with van der Waals surface area (Å²) >= 11 is 6.61. The molecule has 0 spiro atoms. The van der Waals surface area contributed by atoms with E-state index >= 15 is 0 Å². The largest absolute Gasteiger partial charge is 0.497 e. The van der Waals surface area contributed by atoms with E-state index in [0.29, 0.717) is 5.02 Å². The van der Waals surface area contributed by atoms with Gasteiger partial charge in [0.1, 0.15) is 16.8 Å². The lowest BCUT2D eigenvalue weighted by Crippen LogP contribution is -1.92. The Balaban J connectivity index is 1.97. The van der Waals surface area contributed by atoms with Crippen molar-refractivity contribution in [1.82, 2.24) is 14.8 Å². The number of hydrogen-bond donors (Lipinski definition) is 0. The molecule has 2 heterocycles. The zero-order chi connectivity index (χ0) is 16.0. The summed E-state index contributed by atoms with van der Waals surface area (Å²) in [4.78, 5) is 4.64. The van der Waals surface area contributed by atoms with Crippen molar-refractivity contribution in [3.63, 3.8) is 0 Å². The van der Waals surface area contributed by atoms with Crippen LogP contribution in [0.2, 0.25) is 5.02 Å². The van der Waals surface area contributed by atoms with Crippen molar-refractivity contribution in [2.75, 3.05) is 7.11 Å². The third kappa shape index (κ3) is 2.23. The molecule has 4 aromatic rings. The second-order valence-corrected chi connectivity index (χ2v) is 5.77. The summed E-state index contributed by atoms with van der Waals surface area (Å²) in [5, 5.41) is 5.83. The van der Waals surface area contributed by atoms with Crippen molar-refractivity contribution in [2.24, 2.45) is 7.05 Å². The number of nitrogens with zero attached hydrogens (tertiary/aromatic N) is 3. The van der Waals surface area contributed by atoms with Crippen LogP contribution in [0.1, 0.15) is 0 Å². The van der Waals surface area contributed by atoms with Crippen molar-refractivity contribution in [2.45, 2.75) is 0 Å². The topological polar surface area (TPSA) is 39.9 Å². The average Bonchev–Trinajstić information content (AvgIpc) is 2.96. The first-order valence-electron chi connectivity index (χ1n) is 7.23. The van der Waals surface area contributed by atoms with Gasteiger partial charge in [0.2, 0.25) is 0 Å². The molecule has 0 aliphatic rings. The van der Waals surface area contributed by atoms with Crippen LogP contribution in [0.4, 0.5) is 0 Å². The van der Waals surface area contributed by atoms with Crippen molar-refractivity contribution in [1.29, 1.82) is 0 Å². The van der Waals surface area contributed by atoms with Crippen LogP contribution in [-0.2, 0) is 7.05 Å². The third-order valence-corrected chi connectivity index (χ3v) is 4.39. The van der Waals surface area contributed by atoms with Gasteiger partial charge in [-0.2, -0.15) is 5.10 Å². The number of hydrogen-bond acceptors (Lipinski definition) is 3. The Morgan fingerprint density at radius 2 is 1.87 bits per heavy atom. The minimum atomic E-state index is 0.676. The summed E-state index contributed by atoms with van der Waals surface area (Å²) in [5.74, 6) is 0.828. The SMILES string of the molecule is COc1cccc(-c2ccc3nc4cnn(C)c4c(Cl)c3c2)c1. The molecule has 0 aliphatic heterocycles. The predicted molar refractivity (Wildman–Crippen MR) is 93.0 cm³/mol. The highest BCUT2D eigenvalue weighted by Gasteiger charge is 2.12. The maximum absolute atomic E-state index is 6.61. The first-order valence-corrected chi connectivity index (χ1v) is 7.60. The van der Waals surface area contributed by atoms with E-state index in [1.165, 1.54) is 0 Å². The van der Waals surface area contributed by atoms with E-state index in [1.807, 2.05) is 43.4 Å². The van der Waals surface area contributed by atoms with Crippen LogP contribution in [-0.4, -0.2) is 21.9 Å². The number of halogens is 1. The van der Waals surface area contributed by atoms with E-state index in [1.54, 1.807) is 18.0 Å². The molecule has 0 saturated heterocycles. The highest BCUT2D eigenvalue weighted by molar-refractivity contribution is 6.40. The number of pyridine rings is 1. The number of aryl methyl sites for hydroxylation is 1. The Hall–Kier alpha value is -2.59. The third-order valence-electron chi connectivity index (χ3n) is 4.00. The molecule has 0 N–H and O–H groups in total. The van der Waals surface area contributed by atoms with E-state index in [4.69, 9.17) is 16.3 Å². The van der Waals surface area contributed by atoms with Gasteiger partial charge in [0, 0.05) is 12.4 Å². The number of methoxy groups -OCH3 is 1. The Kier molecular flexibility index (Phi) is 3.20. The minimum absolute atomic E-state index is 0.676. The number of ether oxygens (including phenoxy) is 1. The average molecular weight is 324 g/mol. The second kappa shape index (κ2) is 5.25. The molecular formula is C18H14ClN3O. The molecule has 4 nitrogen and oxygen atoms in total. The molecule has 0 atom stereocenters. The smallest absolute Gasteiger partial charge is 0.119 e. The van der Waals surface area contributed by atoms with Crippen molar-refractivity contribution in [3.05, 3.63) is 53.7 Å². The molecule has 0 bridgehead atoms. The summed E-state index contributed by atoms with van der Waals surface area (Å²) in [5.41, 5.74) is 4.66. The molecule has 0 aliphatic carbocycles. The molecule has 2 aromatic carbocycles. The molecule has 0 fully saturated rings. The molecular weight excluding hydrogens is 310 g/mol. The van der Waals surface area contributed by atoms with Crippen molar-refractivity contribution >= 4 is 33.5 Å². The standard InChI is InChI=1S/C18H14ClN3O/c1-22-18-16(10-20-22)21-15-7-6-12(9-14(15)17(18)19)11-4-3-5-13(8-11)23-2/h3-10H,1-2H3. The second-order valence-electron chi connectivity index (χ2n) is 5.39. The van der Waals surface area contributed by atoms with Gasteiger partial charge < -0.3 is 4.74 Å². The molecule has 0 unspecified atom stereocenters. The Morgan fingerprint density at radius 3 is 2.70 bits per heavy atom. The predicted octanol–water partition coefficient (Wildman–Crippen LogP) is 4.45. The van der Waals surface area contributed by atoms with Gasteiger partial charge in [-0.3, -0.25) is 4.68 Å². The van der Waals surface area contributed by atoms with Crippen LogP contribution in [0.3, 0.4) is 0 Å². The maximum atomic E-state index is 6.61. The lowest BCUT2D eigenvalue weighted by molar-refractivity contribution is 0.415. The van der Waals surface area contributed by atoms with Crippen LogP contribution in [0, 0.1) is 0 Å². The molecule has 0 radical (unpaired) electrons. The summed E-state index contributed by atoms with van der Waals surface area (Å²) in [6.45, 7) is 0. The van der Waals surface area contributed by atoms with Gasteiger partial charge in [-0.1, -0.05) is 29.8 Å². The van der Waals surface area contributed by atoms with Crippen LogP contribution in [0.25, 0.3) is 33.1 Å². The molecule has 5 heteroatoms. The van der Waals surface area contributed by atoms with E-state index in [2.05, 4.69) is 16.1 Å². The van der Waals surface area contributed by atoms with Gasteiger partial charge in [-0.05, 0) is 35.4 Å². The fourth-order valence-corrected chi connectivity index (χ4v) is 3.18. The fraction of sp³-hybridized carbons (Fsp3) is 0.111. The Labute approximate surface area is 138 Å². The highest BCUT2D eigenvalue weighted by atomic mass is 35.5. The minimum Gasteiger partial charge on any atom is -0.497 e. The summed E-state index contributed by atoms with van der Waals surface area (Å²) < 4.78 is 7.05. The van der Waals surface area contributed by atoms with E-state index in [0.717, 1.165) is 38.8 Å². The van der Waals surface area contributed by atoms with Gasteiger partial charge in [0.05, 0.1) is 23.8 Å². The molecule has 2 aromatic heterocycles. The van der Waals surface area contributed by atoms with E-state index in [-0.39, 0.29) is 0 Å².